The molecule has 0 atom stereocenters. The second-order valence-electron chi connectivity index (χ2n) is 4.29. The quantitative estimate of drug-likeness (QED) is 0.815. The molecule has 2 aromatic rings. The Morgan fingerprint density at radius 1 is 1.44 bits per heavy atom. The molecule has 1 heterocycles. The third-order valence-corrected chi connectivity index (χ3v) is 3.59. The van der Waals surface area contributed by atoms with Crippen LogP contribution >= 0.6 is 11.3 Å². The SMILES string of the molecule is CCOCCN(C)Cc1ccc2nc(N)sc2c1. The molecule has 4 nitrogen and oxygen atoms in total. The van der Waals surface area contributed by atoms with Crippen molar-refractivity contribution < 1.29 is 4.74 Å². The second-order valence-corrected chi connectivity index (χ2v) is 5.35. The molecule has 5 heteroatoms. The molecular formula is C13H19N3OS. The number of thiazole rings is 1. The fourth-order valence-electron chi connectivity index (χ4n) is 1.84. The van der Waals surface area contributed by atoms with Crippen LogP contribution in [0, 0.1) is 0 Å². The van der Waals surface area contributed by atoms with E-state index in [9.17, 15) is 0 Å². The molecule has 2 rings (SSSR count). The van der Waals surface area contributed by atoms with Gasteiger partial charge in [-0.25, -0.2) is 4.98 Å². The van der Waals surface area contributed by atoms with Crippen LogP contribution in [0.5, 0.6) is 0 Å². The van der Waals surface area contributed by atoms with Crippen molar-refractivity contribution >= 4 is 26.7 Å². The maximum Gasteiger partial charge on any atom is 0.181 e. The molecule has 2 N–H and O–H groups in total. The summed E-state index contributed by atoms with van der Waals surface area (Å²) >= 11 is 1.54. The molecule has 0 aliphatic heterocycles. The van der Waals surface area contributed by atoms with E-state index in [2.05, 4.69) is 29.1 Å². The first-order valence-corrected chi connectivity index (χ1v) is 6.92. The summed E-state index contributed by atoms with van der Waals surface area (Å²) in [5.74, 6) is 0. The Labute approximate surface area is 111 Å². The molecule has 0 aliphatic carbocycles. The van der Waals surface area contributed by atoms with Crippen LogP contribution in [0.2, 0.25) is 0 Å². The van der Waals surface area contributed by atoms with Crippen LogP contribution in [0.3, 0.4) is 0 Å². The Morgan fingerprint density at radius 3 is 3.06 bits per heavy atom. The third kappa shape index (κ3) is 3.41. The predicted molar refractivity (Wildman–Crippen MR) is 76.9 cm³/mol. The lowest BCUT2D eigenvalue weighted by Gasteiger charge is -2.16. The minimum Gasteiger partial charge on any atom is -0.380 e. The van der Waals surface area contributed by atoms with Crippen LogP contribution in [-0.2, 0) is 11.3 Å². The Hall–Kier alpha value is -1.17. The lowest BCUT2D eigenvalue weighted by Crippen LogP contribution is -2.22. The van der Waals surface area contributed by atoms with Gasteiger partial charge in [0.2, 0.25) is 0 Å². The topological polar surface area (TPSA) is 51.4 Å². The highest BCUT2D eigenvalue weighted by atomic mass is 32.1. The predicted octanol–water partition coefficient (Wildman–Crippen LogP) is 2.35. The molecule has 18 heavy (non-hydrogen) atoms. The summed E-state index contributed by atoms with van der Waals surface area (Å²) in [6.07, 6.45) is 0. The minimum absolute atomic E-state index is 0.631. The van der Waals surface area contributed by atoms with Crippen molar-refractivity contribution in [3.8, 4) is 0 Å². The van der Waals surface area contributed by atoms with E-state index in [0.717, 1.165) is 36.5 Å². The number of rotatable bonds is 6. The zero-order valence-electron chi connectivity index (χ0n) is 10.8. The summed E-state index contributed by atoms with van der Waals surface area (Å²) < 4.78 is 6.51. The van der Waals surface area contributed by atoms with Crippen molar-refractivity contribution in [1.29, 1.82) is 0 Å². The number of hydrogen-bond donors (Lipinski definition) is 1. The summed E-state index contributed by atoms with van der Waals surface area (Å²) in [5, 5.41) is 0.631. The van der Waals surface area contributed by atoms with Gasteiger partial charge in [-0.2, -0.15) is 0 Å². The van der Waals surface area contributed by atoms with Crippen LogP contribution in [0.25, 0.3) is 10.2 Å². The summed E-state index contributed by atoms with van der Waals surface area (Å²) in [6, 6.07) is 6.31. The molecule has 0 unspecified atom stereocenters. The van der Waals surface area contributed by atoms with E-state index in [0.29, 0.717) is 5.13 Å². The molecule has 0 saturated carbocycles. The fraction of sp³-hybridized carbons (Fsp3) is 0.462. The molecule has 0 radical (unpaired) electrons. The van der Waals surface area contributed by atoms with Gasteiger partial charge in [-0.15, -0.1) is 0 Å². The summed E-state index contributed by atoms with van der Waals surface area (Å²) in [7, 11) is 2.10. The van der Waals surface area contributed by atoms with Gasteiger partial charge in [0.1, 0.15) is 0 Å². The minimum atomic E-state index is 0.631. The number of nitrogens with zero attached hydrogens (tertiary/aromatic N) is 2. The molecule has 0 bridgehead atoms. The van der Waals surface area contributed by atoms with E-state index in [-0.39, 0.29) is 0 Å². The summed E-state index contributed by atoms with van der Waals surface area (Å²) in [6.45, 7) is 5.43. The van der Waals surface area contributed by atoms with Gasteiger partial charge in [0, 0.05) is 19.7 Å². The first kappa shape index (κ1) is 13.3. The van der Waals surface area contributed by atoms with Crippen molar-refractivity contribution in [2.45, 2.75) is 13.5 Å². The Balaban J connectivity index is 1.98. The smallest absolute Gasteiger partial charge is 0.181 e. The maximum atomic E-state index is 5.70. The Morgan fingerprint density at radius 2 is 2.28 bits per heavy atom. The zero-order valence-corrected chi connectivity index (χ0v) is 11.7. The highest BCUT2D eigenvalue weighted by molar-refractivity contribution is 7.22. The first-order valence-electron chi connectivity index (χ1n) is 6.10. The van der Waals surface area contributed by atoms with Crippen molar-refractivity contribution in [2.24, 2.45) is 0 Å². The van der Waals surface area contributed by atoms with Crippen molar-refractivity contribution in [3.05, 3.63) is 23.8 Å². The molecule has 0 spiro atoms. The number of benzene rings is 1. The zero-order chi connectivity index (χ0) is 13.0. The van der Waals surface area contributed by atoms with E-state index >= 15 is 0 Å². The fourth-order valence-corrected chi connectivity index (χ4v) is 2.64. The van der Waals surface area contributed by atoms with Crippen LogP contribution in [0.1, 0.15) is 12.5 Å². The number of aromatic nitrogens is 1. The monoisotopic (exact) mass is 265 g/mol. The lowest BCUT2D eigenvalue weighted by molar-refractivity contribution is 0.120. The van der Waals surface area contributed by atoms with E-state index in [1.54, 1.807) is 0 Å². The lowest BCUT2D eigenvalue weighted by atomic mass is 10.2. The van der Waals surface area contributed by atoms with E-state index in [1.807, 2.05) is 13.0 Å². The van der Waals surface area contributed by atoms with Gasteiger partial charge in [-0.1, -0.05) is 17.4 Å². The van der Waals surface area contributed by atoms with E-state index in [4.69, 9.17) is 10.5 Å². The standard InChI is InChI=1S/C13H19N3OS/c1-3-17-7-6-16(2)9-10-4-5-11-12(8-10)18-13(14)15-11/h4-5,8H,3,6-7,9H2,1-2H3,(H2,14,15). The Bertz CT molecular complexity index is 512. The van der Waals surface area contributed by atoms with Gasteiger partial charge in [0.05, 0.1) is 16.8 Å². The molecular weight excluding hydrogens is 246 g/mol. The van der Waals surface area contributed by atoms with Crippen molar-refractivity contribution in [3.63, 3.8) is 0 Å². The third-order valence-electron chi connectivity index (χ3n) is 2.74. The average Bonchev–Trinajstić information content (AvgIpc) is 2.69. The largest absolute Gasteiger partial charge is 0.380 e. The second kappa shape index (κ2) is 6.13. The number of nitrogen functional groups attached to an aromatic ring is 1. The number of hydrogen-bond acceptors (Lipinski definition) is 5. The average molecular weight is 265 g/mol. The number of anilines is 1. The first-order chi connectivity index (χ1) is 8.69. The molecule has 1 aromatic carbocycles. The van der Waals surface area contributed by atoms with Crippen LogP contribution in [0.4, 0.5) is 5.13 Å². The van der Waals surface area contributed by atoms with Gasteiger partial charge in [-0.05, 0) is 31.7 Å². The molecule has 0 amide bonds. The van der Waals surface area contributed by atoms with Gasteiger partial charge in [-0.3, -0.25) is 4.90 Å². The van der Waals surface area contributed by atoms with Gasteiger partial charge in [0.25, 0.3) is 0 Å². The summed E-state index contributed by atoms with van der Waals surface area (Å²) in [4.78, 5) is 6.51. The van der Waals surface area contributed by atoms with E-state index in [1.165, 1.54) is 16.9 Å². The van der Waals surface area contributed by atoms with Crippen molar-refractivity contribution in [2.75, 3.05) is 32.5 Å². The molecule has 0 saturated heterocycles. The normalized spacial score (nSPS) is 11.5. The Kier molecular flexibility index (Phi) is 4.52. The maximum absolute atomic E-state index is 5.70. The summed E-state index contributed by atoms with van der Waals surface area (Å²) in [5.41, 5.74) is 7.97. The van der Waals surface area contributed by atoms with Crippen LogP contribution in [0.15, 0.2) is 18.2 Å². The van der Waals surface area contributed by atoms with Gasteiger partial charge >= 0.3 is 0 Å². The van der Waals surface area contributed by atoms with Crippen LogP contribution in [-0.4, -0.2) is 36.7 Å². The number of likely N-dealkylation sites (N-methyl/N-ethyl adjacent to an activating group) is 1. The number of ether oxygens (including phenoxy) is 1. The highest BCUT2D eigenvalue weighted by Gasteiger charge is 2.04. The number of fused-ring (bicyclic) bond motifs is 1. The van der Waals surface area contributed by atoms with E-state index < -0.39 is 0 Å². The number of nitrogens with two attached hydrogens (primary N) is 1. The highest BCUT2D eigenvalue weighted by Crippen LogP contribution is 2.24. The molecule has 0 fully saturated rings. The molecule has 98 valence electrons. The van der Waals surface area contributed by atoms with Gasteiger partial charge < -0.3 is 10.5 Å². The molecule has 0 aliphatic rings. The van der Waals surface area contributed by atoms with Crippen molar-refractivity contribution in [1.82, 2.24) is 9.88 Å². The van der Waals surface area contributed by atoms with Crippen LogP contribution < -0.4 is 5.73 Å². The molecule has 1 aromatic heterocycles. The van der Waals surface area contributed by atoms with Gasteiger partial charge in [0.15, 0.2) is 5.13 Å².